The topological polar surface area (TPSA) is 26.3 Å². The maximum absolute atomic E-state index is 11.4. The summed E-state index contributed by atoms with van der Waals surface area (Å²) in [6.07, 6.45) is 4.70. The van der Waals surface area contributed by atoms with E-state index in [1.165, 1.54) is 12.8 Å². The Kier molecular flexibility index (Phi) is 7.57. The minimum absolute atomic E-state index is 0.410. The summed E-state index contributed by atoms with van der Waals surface area (Å²) >= 11 is 5.59. The number of halogens is 1. The molecule has 0 radical (unpaired) electrons. The first-order valence-corrected chi connectivity index (χ1v) is 7.38. The van der Waals surface area contributed by atoms with Crippen molar-refractivity contribution in [1.29, 1.82) is 0 Å². The summed E-state index contributed by atoms with van der Waals surface area (Å²) in [4.78, 5) is 11.4. The fourth-order valence-corrected chi connectivity index (χ4v) is 2.09. The first-order chi connectivity index (χ1) is 9.09. The molecule has 2 nitrogen and oxygen atoms in total. The van der Waals surface area contributed by atoms with Crippen molar-refractivity contribution in [2.24, 2.45) is 5.92 Å². The molecule has 0 aliphatic heterocycles. The van der Waals surface area contributed by atoms with Crippen molar-refractivity contribution >= 4 is 16.8 Å². The molecule has 0 heterocycles. The van der Waals surface area contributed by atoms with Crippen LogP contribution in [0.5, 0.6) is 5.75 Å². The number of ether oxygens (including phenoxy) is 1. The van der Waals surface area contributed by atoms with Crippen molar-refractivity contribution in [2.45, 2.75) is 52.1 Å². The lowest BCUT2D eigenvalue weighted by atomic mass is 10.0. The van der Waals surface area contributed by atoms with Crippen LogP contribution in [-0.4, -0.2) is 11.3 Å². The Morgan fingerprint density at radius 2 is 1.74 bits per heavy atom. The summed E-state index contributed by atoms with van der Waals surface area (Å²) in [5, 5.41) is -0.410. The molecule has 0 aliphatic carbocycles. The van der Waals surface area contributed by atoms with Crippen LogP contribution in [0.1, 0.15) is 46.0 Å². The average molecular weight is 283 g/mol. The summed E-state index contributed by atoms with van der Waals surface area (Å²) < 4.78 is 5.62. The molecule has 0 saturated carbocycles. The first kappa shape index (κ1) is 16.0. The number of carbonyl (C=O) groups is 1. The van der Waals surface area contributed by atoms with Gasteiger partial charge in [-0.25, -0.2) is 0 Å². The van der Waals surface area contributed by atoms with Gasteiger partial charge in [0.05, 0.1) is 0 Å². The number of carbonyl (C=O) groups excluding carboxylic acids is 1. The Bertz CT molecular complexity index is 362. The molecule has 0 bridgehead atoms. The molecule has 19 heavy (non-hydrogen) atoms. The molecule has 0 N–H and O–H groups in total. The second-order valence-electron chi connectivity index (χ2n) is 5.26. The Morgan fingerprint density at radius 3 is 2.32 bits per heavy atom. The molecule has 3 heteroatoms. The number of hydrogen-bond donors (Lipinski definition) is 0. The second kappa shape index (κ2) is 8.98. The van der Waals surface area contributed by atoms with Gasteiger partial charge in [0, 0.05) is 0 Å². The Balaban J connectivity index is 2.31. The van der Waals surface area contributed by atoms with Crippen molar-refractivity contribution in [2.75, 3.05) is 0 Å². The van der Waals surface area contributed by atoms with Crippen LogP contribution in [0.3, 0.4) is 0 Å². The Labute approximate surface area is 121 Å². The van der Waals surface area contributed by atoms with Crippen LogP contribution >= 0.6 is 11.6 Å². The number of benzene rings is 1. The molecule has 1 aromatic rings. The third kappa shape index (κ3) is 7.22. The zero-order chi connectivity index (χ0) is 14.1. The molecule has 0 aliphatic rings. The van der Waals surface area contributed by atoms with Crippen molar-refractivity contribution in [3.8, 4) is 5.75 Å². The van der Waals surface area contributed by atoms with E-state index in [2.05, 4.69) is 13.8 Å². The molecule has 1 aromatic carbocycles. The van der Waals surface area contributed by atoms with Crippen molar-refractivity contribution in [1.82, 2.24) is 0 Å². The van der Waals surface area contributed by atoms with Crippen molar-refractivity contribution < 1.29 is 9.53 Å². The smallest absolute Gasteiger partial charge is 0.262 e. The lowest BCUT2D eigenvalue weighted by Gasteiger charge is -2.15. The van der Waals surface area contributed by atoms with Crippen LogP contribution < -0.4 is 4.74 Å². The van der Waals surface area contributed by atoms with Crippen molar-refractivity contribution in [3.05, 3.63) is 30.3 Å². The van der Waals surface area contributed by atoms with Gasteiger partial charge in [0.25, 0.3) is 5.24 Å². The molecule has 0 fully saturated rings. The number of unbranched alkanes of at least 4 members (excludes halogenated alkanes) is 2. The van der Waals surface area contributed by atoms with Gasteiger partial charge in [-0.05, 0) is 42.5 Å². The van der Waals surface area contributed by atoms with Gasteiger partial charge in [-0.3, -0.25) is 4.79 Å². The van der Waals surface area contributed by atoms with Gasteiger partial charge in [-0.15, -0.1) is 0 Å². The number of para-hydroxylation sites is 1. The van der Waals surface area contributed by atoms with Gasteiger partial charge in [0.2, 0.25) is 0 Å². The van der Waals surface area contributed by atoms with Gasteiger partial charge in [0.1, 0.15) is 5.75 Å². The van der Waals surface area contributed by atoms with Crippen LogP contribution in [0.4, 0.5) is 0 Å². The molecular formula is C16H23ClO2. The molecule has 106 valence electrons. The maximum Gasteiger partial charge on any atom is 0.262 e. The molecule has 0 amide bonds. The van der Waals surface area contributed by atoms with Gasteiger partial charge in [-0.1, -0.05) is 51.3 Å². The molecule has 0 aromatic heterocycles. The van der Waals surface area contributed by atoms with E-state index >= 15 is 0 Å². The van der Waals surface area contributed by atoms with E-state index in [-0.39, 0.29) is 0 Å². The van der Waals surface area contributed by atoms with Gasteiger partial charge < -0.3 is 4.74 Å². The predicted molar refractivity (Wildman–Crippen MR) is 79.6 cm³/mol. The fourth-order valence-electron chi connectivity index (χ4n) is 1.94. The normalized spacial score (nSPS) is 12.4. The summed E-state index contributed by atoms with van der Waals surface area (Å²) in [6, 6.07) is 9.36. The zero-order valence-corrected chi connectivity index (χ0v) is 12.5. The zero-order valence-electron chi connectivity index (χ0n) is 11.8. The highest BCUT2D eigenvalue weighted by atomic mass is 35.5. The lowest BCUT2D eigenvalue weighted by Crippen LogP contribution is -2.23. The summed E-state index contributed by atoms with van der Waals surface area (Å²) in [5.41, 5.74) is 0. The minimum Gasteiger partial charge on any atom is -0.481 e. The second-order valence-corrected chi connectivity index (χ2v) is 5.63. The van der Waals surface area contributed by atoms with Crippen LogP contribution in [0.2, 0.25) is 0 Å². The molecule has 0 saturated heterocycles. The molecule has 0 spiro atoms. The highest BCUT2D eigenvalue weighted by Gasteiger charge is 2.17. The SMILES string of the molecule is CC(C)CCCCCC(Oc1ccccc1)C(=O)Cl. The van der Waals surface area contributed by atoms with Crippen LogP contribution in [0, 0.1) is 5.92 Å². The third-order valence-electron chi connectivity index (χ3n) is 3.02. The van der Waals surface area contributed by atoms with Gasteiger partial charge in [0.15, 0.2) is 6.10 Å². The molecular weight excluding hydrogens is 260 g/mol. The van der Waals surface area contributed by atoms with E-state index in [1.54, 1.807) is 0 Å². The highest BCUT2D eigenvalue weighted by molar-refractivity contribution is 6.64. The minimum atomic E-state index is -0.525. The largest absolute Gasteiger partial charge is 0.481 e. The maximum atomic E-state index is 11.4. The van der Waals surface area contributed by atoms with E-state index in [1.807, 2.05) is 30.3 Å². The highest BCUT2D eigenvalue weighted by Crippen LogP contribution is 2.17. The Morgan fingerprint density at radius 1 is 1.11 bits per heavy atom. The van der Waals surface area contributed by atoms with E-state index in [9.17, 15) is 4.79 Å². The summed E-state index contributed by atoms with van der Waals surface area (Å²) in [6.45, 7) is 4.45. The summed E-state index contributed by atoms with van der Waals surface area (Å²) in [7, 11) is 0. The van der Waals surface area contributed by atoms with Crippen LogP contribution in [0.25, 0.3) is 0 Å². The van der Waals surface area contributed by atoms with E-state index < -0.39 is 11.3 Å². The van der Waals surface area contributed by atoms with Crippen LogP contribution in [0.15, 0.2) is 30.3 Å². The van der Waals surface area contributed by atoms with E-state index in [4.69, 9.17) is 16.3 Å². The summed E-state index contributed by atoms with van der Waals surface area (Å²) in [5.74, 6) is 1.44. The first-order valence-electron chi connectivity index (χ1n) is 7.00. The van der Waals surface area contributed by atoms with Crippen molar-refractivity contribution in [3.63, 3.8) is 0 Å². The molecule has 1 unspecified atom stereocenters. The third-order valence-corrected chi connectivity index (χ3v) is 3.27. The number of hydrogen-bond acceptors (Lipinski definition) is 2. The quantitative estimate of drug-likeness (QED) is 0.480. The molecule has 1 atom stereocenters. The average Bonchev–Trinajstić information content (AvgIpc) is 2.37. The Hall–Kier alpha value is -1.02. The fraction of sp³-hybridized carbons (Fsp3) is 0.562. The number of rotatable bonds is 9. The standard InChI is InChI=1S/C16H23ClO2/c1-13(2)9-5-3-8-12-15(16(17)18)19-14-10-6-4-7-11-14/h4,6-7,10-11,13,15H,3,5,8-9,12H2,1-2H3. The van der Waals surface area contributed by atoms with Gasteiger partial charge >= 0.3 is 0 Å². The predicted octanol–water partition coefficient (Wildman–Crippen LogP) is 4.81. The van der Waals surface area contributed by atoms with E-state index in [0.29, 0.717) is 12.2 Å². The monoisotopic (exact) mass is 282 g/mol. The molecule has 1 rings (SSSR count). The van der Waals surface area contributed by atoms with Gasteiger partial charge in [-0.2, -0.15) is 0 Å². The lowest BCUT2D eigenvalue weighted by molar-refractivity contribution is -0.118. The van der Waals surface area contributed by atoms with E-state index in [0.717, 1.165) is 18.8 Å². The van der Waals surface area contributed by atoms with Crippen LogP contribution in [-0.2, 0) is 4.79 Å².